The van der Waals surface area contributed by atoms with Gasteiger partial charge in [-0.2, -0.15) is 13.2 Å². The zero-order valence-corrected chi connectivity index (χ0v) is 23.8. The largest absolute Gasteiger partial charge is 0.459 e. The van der Waals surface area contributed by atoms with Crippen LogP contribution in [-0.2, 0) is 27.0 Å². The fourth-order valence-electron chi connectivity index (χ4n) is 3.60. The Balaban J connectivity index is 1.79. The molecule has 0 aliphatic heterocycles. The zero-order valence-electron chi connectivity index (χ0n) is 23.0. The lowest BCUT2D eigenvalue weighted by molar-refractivity contribution is -0.156. The van der Waals surface area contributed by atoms with Crippen molar-refractivity contribution in [1.82, 2.24) is 9.97 Å². The molecule has 0 aliphatic rings. The summed E-state index contributed by atoms with van der Waals surface area (Å²) in [4.78, 5) is 24.3. The van der Waals surface area contributed by atoms with E-state index in [0.717, 1.165) is 22.6 Å². The highest BCUT2D eigenvalue weighted by Crippen LogP contribution is 2.35. The first kappa shape index (κ1) is 30.4. The molecule has 1 heterocycles. The number of anilines is 1. The second kappa shape index (κ2) is 12.4. The van der Waals surface area contributed by atoms with Crippen LogP contribution in [0.15, 0.2) is 65.7 Å². The maximum absolute atomic E-state index is 13.2. The van der Waals surface area contributed by atoms with Crippen LogP contribution in [-0.4, -0.2) is 46.5 Å². The van der Waals surface area contributed by atoms with Crippen LogP contribution in [0.1, 0.15) is 45.7 Å². The lowest BCUT2D eigenvalue weighted by Crippen LogP contribution is -2.36. The van der Waals surface area contributed by atoms with Crippen LogP contribution in [0.2, 0.25) is 0 Å². The molecule has 3 aromatic rings. The molecule has 0 aliphatic carbocycles. The molecule has 0 unspecified atom stereocenters. The molecule has 0 saturated carbocycles. The normalized spacial score (nSPS) is 12.3. The van der Waals surface area contributed by atoms with E-state index >= 15 is 0 Å². The van der Waals surface area contributed by atoms with Gasteiger partial charge in [-0.3, -0.25) is 4.79 Å². The molecule has 0 amide bonds. The van der Waals surface area contributed by atoms with Gasteiger partial charge in [0, 0.05) is 36.9 Å². The van der Waals surface area contributed by atoms with Crippen molar-refractivity contribution in [3.63, 3.8) is 0 Å². The van der Waals surface area contributed by atoms with E-state index in [4.69, 9.17) is 9.47 Å². The van der Waals surface area contributed by atoms with Crippen LogP contribution in [0.4, 0.5) is 19.0 Å². The number of rotatable bonds is 10. The molecule has 0 bridgehead atoms. The third kappa shape index (κ3) is 8.96. The van der Waals surface area contributed by atoms with E-state index in [1.807, 2.05) is 63.8 Å². The van der Waals surface area contributed by atoms with Crippen molar-refractivity contribution in [2.75, 3.05) is 25.2 Å². The van der Waals surface area contributed by atoms with E-state index in [1.54, 1.807) is 19.2 Å². The van der Waals surface area contributed by atoms with Gasteiger partial charge in [-0.25, -0.2) is 9.97 Å². The highest BCUT2D eigenvalue weighted by molar-refractivity contribution is 8.01. The summed E-state index contributed by atoms with van der Waals surface area (Å²) >= 11 is 1.43. The molecule has 0 spiro atoms. The monoisotopic (exact) mass is 561 g/mol. The first-order chi connectivity index (χ1) is 18.2. The number of thioether (sulfide) groups is 1. The van der Waals surface area contributed by atoms with Gasteiger partial charge in [0.25, 0.3) is 0 Å². The average molecular weight is 562 g/mol. The minimum atomic E-state index is -4.45. The first-order valence-corrected chi connectivity index (χ1v) is 13.3. The lowest BCUT2D eigenvalue weighted by atomic mass is 10.1. The number of carbonyl (C=O) groups is 1. The molecule has 0 fully saturated rings. The first-order valence-electron chi connectivity index (χ1n) is 12.4. The molecule has 0 radical (unpaired) electrons. The molecule has 210 valence electrons. The van der Waals surface area contributed by atoms with E-state index in [-0.39, 0.29) is 17.4 Å². The van der Waals surface area contributed by atoms with Gasteiger partial charge in [-0.1, -0.05) is 24.3 Å². The fourth-order valence-corrected chi connectivity index (χ4v) is 4.58. The minimum Gasteiger partial charge on any atom is -0.459 e. The second-order valence-electron chi connectivity index (χ2n) is 10.5. The summed E-state index contributed by atoms with van der Waals surface area (Å²) in [7, 11) is 1.60. The summed E-state index contributed by atoms with van der Waals surface area (Å²) in [5, 5.41) is 0. The van der Waals surface area contributed by atoms with Crippen molar-refractivity contribution in [2.24, 2.45) is 0 Å². The number of hydrogen-bond donors (Lipinski definition) is 0. The molecular formula is C29H34F3N3O3S. The van der Waals surface area contributed by atoms with Crippen LogP contribution in [0, 0.1) is 0 Å². The number of methoxy groups -OCH3 is 1. The van der Waals surface area contributed by atoms with Crippen LogP contribution in [0.3, 0.4) is 0 Å². The second-order valence-corrected chi connectivity index (χ2v) is 12.2. The molecule has 1 aromatic heterocycles. The van der Waals surface area contributed by atoms with E-state index in [9.17, 15) is 18.0 Å². The van der Waals surface area contributed by atoms with E-state index in [1.165, 1.54) is 24.0 Å². The molecule has 10 heteroatoms. The number of ether oxygens (including phenoxy) is 2. The summed E-state index contributed by atoms with van der Waals surface area (Å²) < 4.78 is 49.7. The number of nitrogens with zero attached hydrogens (tertiary/aromatic N) is 3. The fraction of sp³-hybridized carbons (Fsp3) is 0.414. The Morgan fingerprint density at radius 1 is 1.00 bits per heavy atom. The topological polar surface area (TPSA) is 64.5 Å². The number of hydrogen-bond acceptors (Lipinski definition) is 7. The quantitative estimate of drug-likeness (QED) is 0.195. The predicted molar refractivity (Wildman–Crippen MR) is 148 cm³/mol. The van der Waals surface area contributed by atoms with Crippen molar-refractivity contribution in [3.8, 4) is 11.4 Å². The third-order valence-corrected chi connectivity index (χ3v) is 6.72. The highest BCUT2D eigenvalue weighted by Gasteiger charge is 2.34. The van der Waals surface area contributed by atoms with Crippen LogP contribution >= 0.6 is 11.8 Å². The number of halogens is 3. The summed E-state index contributed by atoms with van der Waals surface area (Å²) in [6.45, 7) is 10.6. The maximum atomic E-state index is 13.2. The molecule has 0 saturated heterocycles. The predicted octanol–water partition coefficient (Wildman–Crippen LogP) is 7.03. The van der Waals surface area contributed by atoms with Crippen LogP contribution in [0.5, 0.6) is 0 Å². The van der Waals surface area contributed by atoms with Crippen molar-refractivity contribution in [2.45, 2.75) is 62.6 Å². The van der Waals surface area contributed by atoms with Crippen molar-refractivity contribution in [1.29, 1.82) is 0 Å². The Bertz CT molecular complexity index is 1260. The number of aromatic nitrogens is 2. The summed E-state index contributed by atoms with van der Waals surface area (Å²) in [6, 6.07) is 14.6. The van der Waals surface area contributed by atoms with Gasteiger partial charge < -0.3 is 14.4 Å². The average Bonchev–Trinajstić information content (AvgIpc) is 2.86. The molecule has 6 nitrogen and oxygen atoms in total. The number of alkyl halides is 3. The van der Waals surface area contributed by atoms with Gasteiger partial charge in [0.05, 0.1) is 12.2 Å². The molecule has 0 N–H and O–H groups in total. The highest BCUT2D eigenvalue weighted by atomic mass is 32.2. The molecule has 39 heavy (non-hydrogen) atoms. The number of carbonyl (C=O) groups excluding carboxylic acids is 1. The van der Waals surface area contributed by atoms with E-state index in [2.05, 4.69) is 9.97 Å². The maximum Gasteiger partial charge on any atom is 0.416 e. The van der Waals surface area contributed by atoms with Crippen LogP contribution in [0.25, 0.3) is 11.4 Å². The Kier molecular flexibility index (Phi) is 9.66. The summed E-state index contributed by atoms with van der Waals surface area (Å²) in [6.07, 6.45) is -2.92. The van der Waals surface area contributed by atoms with Crippen LogP contribution < -0.4 is 4.90 Å². The number of benzene rings is 2. The van der Waals surface area contributed by atoms with Gasteiger partial charge in [-0.05, 0) is 70.5 Å². The number of esters is 1. The zero-order chi connectivity index (χ0) is 28.8. The third-order valence-electron chi connectivity index (χ3n) is 5.54. The smallest absolute Gasteiger partial charge is 0.416 e. The Morgan fingerprint density at radius 2 is 1.69 bits per heavy atom. The van der Waals surface area contributed by atoms with Crippen molar-refractivity contribution < 1.29 is 27.4 Å². The van der Waals surface area contributed by atoms with E-state index in [0.29, 0.717) is 25.5 Å². The van der Waals surface area contributed by atoms with Gasteiger partial charge in [0.2, 0.25) is 0 Å². The van der Waals surface area contributed by atoms with Crippen molar-refractivity contribution >= 4 is 23.5 Å². The molecule has 3 rings (SSSR count). The summed E-state index contributed by atoms with van der Waals surface area (Å²) in [5.74, 6) is 0.492. The minimum absolute atomic E-state index is 0.206. The van der Waals surface area contributed by atoms with Gasteiger partial charge in [-0.15, -0.1) is 11.8 Å². The SMILES string of the molecule is COCCN(Cc1ccc(SC(C)(C)C(=O)OC(C)(C)C)cc1)c1ccnc(-c2cccc(C(F)(F)F)c2)n1. The molecule has 0 atom stereocenters. The van der Waals surface area contributed by atoms with Gasteiger partial charge in [0.1, 0.15) is 16.2 Å². The van der Waals surface area contributed by atoms with Gasteiger partial charge >= 0.3 is 12.1 Å². The van der Waals surface area contributed by atoms with Crippen molar-refractivity contribution in [3.05, 3.63) is 71.9 Å². The lowest BCUT2D eigenvalue weighted by Gasteiger charge is -2.28. The summed E-state index contributed by atoms with van der Waals surface area (Å²) in [5.41, 5.74) is -0.0398. The Hall–Kier alpha value is -3.11. The van der Waals surface area contributed by atoms with Gasteiger partial charge in [0.15, 0.2) is 5.82 Å². The Labute approximate surface area is 231 Å². The molecular weight excluding hydrogens is 527 g/mol. The standard InChI is InChI=1S/C29H34F3N3O3S/c1-27(2,3)38-26(36)28(4,5)39-23-12-10-20(11-13-23)19-35(16-17-37-6)24-14-15-33-25(34-24)21-8-7-9-22(18-21)29(30,31)32/h7-15,18H,16-17,19H2,1-6H3. The Morgan fingerprint density at radius 3 is 2.31 bits per heavy atom. The molecule has 2 aromatic carbocycles. The van der Waals surface area contributed by atoms with E-state index < -0.39 is 22.1 Å².